The van der Waals surface area contributed by atoms with Gasteiger partial charge in [-0.25, -0.2) is 4.79 Å². The summed E-state index contributed by atoms with van der Waals surface area (Å²) in [6.45, 7) is 2.97. The van der Waals surface area contributed by atoms with Crippen molar-refractivity contribution in [1.29, 1.82) is 0 Å². The van der Waals surface area contributed by atoms with Crippen molar-refractivity contribution in [1.82, 2.24) is 10.6 Å². The fraction of sp³-hybridized carbons (Fsp3) is 0.350. The van der Waals surface area contributed by atoms with E-state index in [-0.39, 0.29) is 24.5 Å². The highest BCUT2D eigenvalue weighted by Crippen LogP contribution is 2.29. The minimum atomic E-state index is -0.234. The first-order chi connectivity index (χ1) is 12.6. The summed E-state index contributed by atoms with van der Waals surface area (Å²) in [5.41, 5.74) is 0.856. The minimum Gasteiger partial charge on any atom is -0.497 e. The normalized spacial score (nSPS) is 10.9. The van der Waals surface area contributed by atoms with Crippen LogP contribution in [0.2, 0.25) is 0 Å². The lowest BCUT2D eigenvalue weighted by Gasteiger charge is -2.18. The number of para-hydroxylation sites is 1. The molecule has 2 aromatic carbocycles. The first-order valence-electron chi connectivity index (χ1n) is 8.58. The number of carbonyl (C=O) groups excluding carboxylic acids is 1. The largest absolute Gasteiger partial charge is 0.497 e. The number of benzene rings is 2. The molecule has 0 radical (unpaired) electrons. The number of hydrogen-bond donors (Lipinski definition) is 2. The highest BCUT2D eigenvalue weighted by molar-refractivity contribution is 5.85. The highest BCUT2D eigenvalue weighted by atomic mass is 35.5. The predicted molar refractivity (Wildman–Crippen MR) is 108 cm³/mol. The van der Waals surface area contributed by atoms with Crippen LogP contribution in [0, 0.1) is 0 Å². The lowest BCUT2D eigenvalue weighted by atomic mass is 10.1. The topological polar surface area (TPSA) is 68.8 Å². The van der Waals surface area contributed by atoms with Crippen molar-refractivity contribution in [3.63, 3.8) is 0 Å². The number of nitrogens with one attached hydrogen (secondary N) is 2. The number of methoxy groups -OCH3 is 2. The van der Waals surface area contributed by atoms with Gasteiger partial charge in [-0.2, -0.15) is 0 Å². The Balaban J connectivity index is 0.00000364. The van der Waals surface area contributed by atoms with E-state index in [1.54, 1.807) is 14.2 Å². The molecule has 2 N–H and O–H groups in total. The molecule has 0 aliphatic carbocycles. The summed E-state index contributed by atoms with van der Waals surface area (Å²) in [6.07, 6.45) is 0.721. The molecule has 2 aromatic rings. The van der Waals surface area contributed by atoms with Crippen LogP contribution < -0.4 is 24.8 Å². The van der Waals surface area contributed by atoms with Crippen LogP contribution in [0.1, 0.15) is 24.9 Å². The molecule has 1 atom stereocenters. The number of rotatable bonds is 9. The molecule has 2 amide bonds. The Morgan fingerprint density at radius 1 is 1.04 bits per heavy atom. The molecule has 1 unspecified atom stereocenters. The highest BCUT2D eigenvalue weighted by Gasteiger charge is 2.15. The van der Waals surface area contributed by atoms with Gasteiger partial charge in [0, 0.05) is 12.1 Å². The Bertz CT molecular complexity index is 698. The van der Waals surface area contributed by atoms with Crippen molar-refractivity contribution in [3.8, 4) is 17.2 Å². The number of amides is 2. The Kier molecular flexibility index (Phi) is 9.90. The van der Waals surface area contributed by atoms with Crippen LogP contribution in [0.25, 0.3) is 0 Å². The maximum absolute atomic E-state index is 12.1. The van der Waals surface area contributed by atoms with E-state index in [0.717, 1.165) is 17.7 Å². The molecule has 0 heterocycles. The zero-order chi connectivity index (χ0) is 18.8. The monoisotopic (exact) mass is 394 g/mol. The second kappa shape index (κ2) is 11.9. The second-order valence-electron chi connectivity index (χ2n) is 5.74. The van der Waals surface area contributed by atoms with Crippen LogP contribution in [0.5, 0.6) is 17.2 Å². The third-order valence-corrected chi connectivity index (χ3v) is 3.87. The molecule has 0 aromatic heterocycles. The Morgan fingerprint density at radius 3 is 2.44 bits per heavy atom. The Morgan fingerprint density at radius 2 is 1.78 bits per heavy atom. The van der Waals surface area contributed by atoms with Gasteiger partial charge in [0.1, 0.15) is 17.2 Å². The van der Waals surface area contributed by atoms with Gasteiger partial charge >= 0.3 is 6.03 Å². The molecular weight excluding hydrogens is 368 g/mol. The average Bonchev–Trinajstić information content (AvgIpc) is 2.67. The molecule has 148 valence electrons. The lowest BCUT2D eigenvalue weighted by Crippen LogP contribution is -2.38. The van der Waals surface area contributed by atoms with Crippen molar-refractivity contribution < 1.29 is 19.0 Å². The van der Waals surface area contributed by atoms with Crippen molar-refractivity contribution in [2.45, 2.75) is 19.4 Å². The molecule has 27 heavy (non-hydrogen) atoms. The van der Waals surface area contributed by atoms with Crippen molar-refractivity contribution >= 4 is 18.4 Å². The van der Waals surface area contributed by atoms with Crippen molar-refractivity contribution in [2.75, 3.05) is 27.4 Å². The first kappa shape index (κ1) is 22.4. The number of urea groups is 1. The van der Waals surface area contributed by atoms with Gasteiger partial charge in [0.15, 0.2) is 0 Å². The van der Waals surface area contributed by atoms with Gasteiger partial charge in [-0.05, 0) is 43.7 Å². The Labute approximate surface area is 166 Å². The van der Waals surface area contributed by atoms with E-state index in [1.807, 2.05) is 55.5 Å². The third kappa shape index (κ3) is 7.27. The molecule has 0 saturated carbocycles. The first-order valence-corrected chi connectivity index (χ1v) is 8.58. The zero-order valence-electron chi connectivity index (χ0n) is 15.9. The van der Waals surface area contributed by atoms with Gasteiger partial charge in [-0.1, -0.05) is 18.2 Å². The van der Waals surface area contributed by atoms with E-state index in [9.17, 15) is 4.79 Å². The SMILES string of the molecule is COc1ccc(OC)c(C(C)NC(=O)NCCCOc2ccccc2)c1.Cl. The zero-order valence-corrected chi connectivity index (χ0v) is 16.7. The number of ether oxygens (including phenoxy) is 3. The minimum absolute atomic E-state index is 0. The van der Waals surface area contributed by atoms with Crippen molar-refractivity contribution in [3.05, 3.63) is 54.1 Å². The predicted octanol–water partition coefficient (Wildman–Crippen LogP) is 3.95. The van der Waals surface area contributed by atoms with Gasteiger partial charge in [0.05, 0.1) is 26.9 Å². The van der Waals surface area contributed by atoms with Gasteiger partial charge in [-0.3, -0.25) is 0 Å². The molecule has 0 spiro atoms. The fourth-order valence-electron chi connectivity index (χ4n) is 2.48. The smallest absolute Gasteiger partial charge is 0.315 e. The van der Waals surface area contributed by atoms with E-state index in [1.165, 1.54) is 0 Å². The number of carbonyl (C=O) groups is 1. The summed E-state index contributed by atoms with van der Waals surface area (Å²) < 4.78 is 16.2. The average molecular weight is 395 g/mol. The summed E-state index contributed by atoms with van der Waals surface area (Å²) in [5, 5.41) is 5.74. The molecular formula is C20H27ClN2O4. The van der Waals surface area contributed by atoms with Crippen LogP contribution >= 0.6 is 12.4 Å². The summed E-state index contributed by atoms with van der Waals surface area (Å²) >= 11 is 0. The van der Waals surface area contributed by atoms with E-state index < -0.39 is 0 Å². The van der Waals surface area contributed by atoms with Crippen LogP contribution in [0.4, 0.5) is 4.79 Å². The fourth-order valence-corrected chi connectivity index (χ4v) is 2.48. The summed E-state index contributed by atoms with van der Waals surface area (Å²) in [5.74, 6) is 2.25. The lowest BCUT2D eigenvalue weighted by molar-refractivity contribution is 0.236. The van der Waals surface area contributed by atoms with Gasteiger partial charge in [0.2, 0.25) is 0 Å². The maximum Gasteiger partial charge on any atom is 0.315 e. The number of halogens is 1. The third-order valence-electron chi connectivity index (χ3n) is 3.87. The van der Waals surface area contributed by atoms with E-state index in [0.29, 0.717) is 24.7 Å². The Hall–Kier alpha value is -2.60. The molecule has 6 nitrogen and oxygen atoms in total. The van der Waals surface area contributed by atoms with E-state index >= 15 is 0 Å². The standard InChI is InChI=1S/C20H26N2O4.ClH/c1-15(18-14-17(24-2)10-11-19(18)25-3)22-20(23)21-12-7-13-26-16-8-5-4-6-9-16;/h4-6,8-11,14-15H,7,12-13H2,1-3H3,(H2,21,22,23);1H. The van der Waals surface area contributed by atoms with E-state index in [4.69, 9.17) is 14.2 Å². The molecule has 0 aliphatic heterocycles. The van der Waals surface area contributed by atoms with E-state index in [2.05, 4.69) is 10.6 Å². The molecule has 0 fully saturated rings. The summed E-state index contributed by atoms with van der Waals surface area (Å²) in [7, 11) is 3.21. The van der Waals surface area contributed by atoms with Crippen LogP contribution in [-0.2, 0) is 0 Å². The van der Waals surface area contributed by atoms with Crippen molar-refractivity contribution in [2.24, 2.45) is 0 Å². The molecule has 0 saturated heterocycles. The van der Waals surface area contributed by atoms with Gasteiger partial charge in [0.25, 0.3) is 0 Å². The van der Waals surface area contributed by atoms with Gasteiger partial charge in [-0.15, -0.1) is 12.4 Å². The molecule has 7 heteroatoms. The molecule has 0 aliphatic rings. The van der Waals surface area contributed by atoms with Crippen LogP contribution in [-0.4, -0.2) is 33.4 Å². The van der Waals surface area contributed by atoms with Crippen LogP contribution in [0.15, 0.2) is 48.5 Å². The van der Waals surface area contributed by atoms with Crippen LogP contribution in [0.3, 0.4) is 0 Å². The quantitative estimate of drug-likeness (QED) is 0.632. The van der Waals surface area contributed by atoms with Gasteiger partial charge < -0.3 is 24.8 Å². The maximum atomic E-state index is 12.1. The summed E-state index contributed by atoms with van der Waals surface area (Å²) in [4.78, 5) is 12.1. The molecule has 0 bridgehead atoms. The molecule has 2 rings (SSSR count). The second-order valence-corrected chi connectivity index (χ2v) is 5.74. The number of hydrogen-bond acceptors (Lipinski definition) is 4. The summed E-state index contributed by atoms with van der Waals surface area (Å²) in [6, 6.07) is 14.7.